The molecule has 0 fully saturated rings. The molecule has 0 spiro atoms. The second kappa shape index (κ2) is 7.94. The zero-order valence-electron chi connectivity index (χ0n) is 11.9. The summed E-state index contributed by atoms with van der Waals surface area (Å²) < 4.78 is 5.47. The predicted molar refractivity (Wildman–Crippen MR) is 83.7 cm³/mol. The van der Waals surface area contributed by atoms with Gasteiger partial charge in [0.25, 0.3) is 0 Å². The van der Waals surface area contributed by atoms with Gasteiger partial charge in [0.2, 0.25) is 0 Å². The first-order chi connectivity index (χ1) is 9.47. The lowest BCUT2D eigenvalue weighted by molar-refractivity contribution is 0.271. The van der Waals surface area contributed by atoms with E-state index in [1.807, 2.05) is 24.3 Å². The fourth-order valence-electron chi connectivity index (χ4n) is 1.39. The molecule has 4 heteroatoms. The van der Waals surface area contributed by atoms with E-state index in [0.29, 0.717) is 11.6 Å². The Hall–Kier alpha value is -2.36. The highest BCUT2D eigenvalue weighted by Gasteiger charge is 1.96. The number of nitrogen functional groups attached to an aromatic ring is 2. The van der Waals surface area contributed by atoms with Gasteiger partial charge in [-0.25, -0.2) is 0 Å². The van der Waals surface area contributed by atoms with E-state index in [1.54, 1.807) is 18.2 Å². The lowest BCUT2D eigenvalue weighted by atomic mass is 10.2. The van der Waals surface area contributed by atoms with Gasteiger partial charge >= 0.3 is 0 Å². The zero-order valence-corrected chi connectivity index (χ0v) is 11.9. The number of ether oxygens (including phenoxy) is 1. The molecule has 0 aliphatic heterocycles. The van der Waals surface area contributed by atoms with E-state index in [2.05, 4.69) is 13.8 Å². The number of rotatable bonds is 3. The summed E-state index contributed by atoms with van der Waals surface area (Å²) >= 11 is 0. The minimum absolute atomic E-state index is 0.213. The lowest BCUT2D eigenvalue weighted by Crippen LogP contribution is -2.04. The predicted octanol–water partition coefficient (Wildman–Crippen LogP) is 3.28. The Morgan fingerprint density at radius 2 is 1.60 bits per heavy atom. The number of phenolic OH excluding ortho intramolecular Hbond substituents is 1. The summed E-state index contributed by atoms with van der Waals surface area (Å²) in [6, 6.07) is 14.0. The zero-order chi connectivity index (χ0) is 15.0. The molecule has 108 valence electrons. The molecule has 0 atom stereocenters. The number of hydrogen-bond donors (Lipinski definition) is 3. The van der Waals surface area contributed by atoms with Crippen molar-refractivity contribution in [3.63, 3.8) is 0 Å². The second-order valence-corrected chi connectivity index (χ2v) is 4.87. The fourth-order valence-corrected chi connectivity index (χ4v) is 1.39. The first kappa shape index (κ1) is 15.7. The van der Waals surface area contributed by atoms with Crippen molar-refractivity contribution in [3.8, 4) is 11.5 Å². The number of nitrogens with two attached hydrogens (primary N) is 2. The summed E-state index contributed by atoms with van der Waals surface area (Å²) in [7, 11) is 0. The molecular weight excluding hydrogens is 252 g/mol. The fraction of sp³-hybridized carbons (Fsp3) is 0.250. The van der Waals surface area contributed by atoms with Crippen LogP contribution in [0.1, 0.15) is 13.8 Å². The van der Waals surface area contributed by atoms with Crippen LogP contribution in [-0.4, -0.2) is 11.7 Å². The third-order valence-corrected chi connectivity index (χ3v) is 2.31. The number of aromatic hydroxyl groups is 1. The van der Waals surface area contributed by atoms with Crippen LogP contribution in [0.5, 0.6) is 11.5 Å². The maximum absolute atomic E-state index is 8.73. The Morgan fingerprint density at radius 1 is 1.00 bits per heavy atom. The Labute approximate surface area is 120 Å². The van der Waals surface area contributed by atoms with Gasteiger partial charge < -0.3 is 21.3 Å². The normalized spacial score (nSPS) is 9.75. The Kier molecular flexibility index (Phi) is 6.23. The minimum atomic E-state index is 0.213. The maximum atomic E-state index is 8.73. The lowest BCUT2D eigenvalue weighted by Gasteiger charge is -2.08. The Bertz CT molecular complexity index is 510. The van der Waals surface area contributed by atoms with E-state index in [4.69, 9.17) is 21.3 Å². The molecule has 0 saturated carbocycles. The Balaban J connectivity index is 0.000000217. The van der Waals surface area contributed by atoms with Crippen LogP contribution in [0.4, 0.5) is 11.4 Å². The molecule has 0 heterocycles. The van der Waals surface area contributed by atoms with Gasteiger partial charge in [0.05, 0.1) is 6.61 Å². The number of benzene rings is 2. The highest BCUT2D eigenvalue weighted by molar-refractivity contribution is 5.43. The molecule has 0 aromatic heterocycles. The van der Waals surface area contributed by atoms with Crippen molar-refractivity contribution in [3.05, 3.63) is 48.5 Å². The molecule has 2 aromatic rings. The number of hydrogen-bond acceptors (Lipinski definition) is 4. The standard InChI is InChI=1S/C10H15NO.C6H7NO/c1-8(2)7-12-10-5-3-4-9(11)6-10;7-5-2-1-3-6(8)4-5/h3-6,8H,7,11H2,1-2H3;1-4,8H,7H2. The molecule has 2 rings (SSSR count). The minimum Gasteiger partial charge on any atom is -0.508 e. The molecule has 4 nitrogen and oxygen atoms in total. The van der Waals surface area contributed by atoms with Crippen LogP contribution in [0.25, 0.3) is 0 Å². The first-order valence-electron chi connectivity index (χ1n) is 6.50. The van der Waals surface area contributed by atoms with Crippen molar-refractivity contribution in [2.24, 2.45) is 5.92 Å². The quantitative estimate of drug-likeness (QED) is 0.750. The van der Waals surface area contributed by atoms with Crippen LogP contribution in [0, 0.1) is 5.92 Å². The van der Waals surface area contributed by atoms with Crippen LogP contribution in [-0.2, 0) is 0 Å². The van der Waals surface area contributed by atoms with Gasteiger partial charge in [0.15, 0.2) is 0 Å². The van der Waals surface area contributed by atoms with Gasteiger partial charge in [-0.1, -0.05) is 26.0 Å². The average molecular weight is 274 g/mol. The van der Waals surface area contributed by atoms with E-state index >= 15 is 0 Å². The van der Waals surface area contributed by atoms with Crippen molar-refractivity contribution in [1.82, 2.24) is 0 Å². The van der Waals surface area contributed by atoms with Crippen LogP contribution in [0.15, 0.2) is 48.5 Å². The van der Waals surface area contributed by atoms with E-state index < -0.39 is 0 Å². The molecule has 2 aromatic carbocycles. The summed E-state index contributed by atoms with van der Waals surface area (Å²) in [5, 5.41) is 8.73. The highest BCUT2D eigenvalue weighted by Crippen LogP contribution is 2.15. The number of anilines is 2. The molecule has 20 heavy (non-hydrogen) atoms. The molecule has 0 bridgehead atoms. The average Bonchev–Trinajstić information content (AvgIpc) is 2.37. The highest BCUT2D eigenvalue weighted by atomic mass is 16.5. The van der Waals surface area contributed by atoms with Crippen molar-refractivity contribution in [1.29, 1.82) is 0 Å². The SMILES string of the molecule is CC(C)COc1cccc(N)c1.Nc1cccc(O)c1. The van der Waals surface area contributed by atoms with Crippen LogP contribution in [0.2, 0.25) is 0 Å². The van der Waals surface area contributed by atoms with Gasteiger partial charge in [-0.05, 0) is 30.2 Å². The first-order valence-corrected chi connectivity index (χ1v) is 6.50. The molecule has 0 aliphatic carbocycles. The van der Waals surface area contributed by atoms with Crippen molar-refractivity contribution in [2.75, 3.05) is 18.1 Å². The van der Waals surface area contributed by atoms with Gasteiger partial charge in [0, 0.05) is 23.5 Å². The van der Waals surface area contributed by atoms with Gasteiger partial charge in [0.1, 0.15) is 11.5 Å². The van der Waals surface area contributed by atoms with E-state index in [0.717, 1.165) is 18.0 Å². The molecule has 5 N–H and O–H groups in total. The third kappa shape index (κ3) is 6.54. The monoisotopic (exact) mass is 274 g/mol. The van der Waals surface area contributed by atoms with Crippen LogP contribution < -0.4 is 16.2 Å². The van der Waals surface area contributed by atoms with Gasteiger partial charge in [-0.2, -0.15) is 0 Å². The molecule has 0 radical (unpaired) electrons. The van der Waals surface area contributed by atoms with E-state index in [1.165, 1.54) is 6.07 Å². The molecular formula is C16H22N2O2. The molecule has 0 unspecified atom stereocenters. The maximum Gasteiger partial charge on any atom is 0.121 e. The molecule has 0 aliphatic rings. The largest absolute Gasteiger partial charge is 0.508 e. The summed E-state index contributed by atoms with van der Waals surface area (Å²) in [4.78, 5) is 0. The third-order valence-electron chi connectivity index (χ3n) is 2.31. The Morgan fingerprint density at radius 3 is 2.05 bits per heavy atom. The van der Waals surface area contributed by atoms with Crippen molar-refractivity contribution >= 4 is 11.4 Å². The summed E-state index contributed by atoms with van der Waals surface area (Å²) in [6.07, 6.45) is 0. The summed E-state index contributed by atoms with van der Waals surface area (Å²) in [6.45, 7) is 4.97. The van der Waals surface area contributed by atoms with Crippen LogP contribution in [0.3, 0.4) is 0 Å². The van der Waals surface area contributed by atoms with Crippen molar-refractivity contribution in [2.45, 2.75) is 13.8 Å². The van der Waals surface area contributed by atoms with E-state index in [-0.39, 0.29) is 5.75 Å². The van der Waals surface area contributed by atoms with Crippen LogP contribution >= 0.6 is 0 Å². The molecule has 0 saturated heterocycles. The number of phenols is 1. The topological polar surface area (TPSA) is 81.5 Å². The summed E-state index contributed by atoms with van der Waals surface area (Å²) in [5.41, 5.74) is 12.2. The van der Waals surface area contributed by atoms with Gasteiger partial charge in [-0.15, -0.1) is 0 Å². The summed E-state index contributed by atoms with van der Waals surface area (Å²) in [5.74, 6) is 1.61. The smallest absolute Gasteiger partial charge is 0.121 e. The molecule has 0 amide bonds. The van der Waals surface area contributed by atoms with E-state index in [9.17, 15) is 0 Å². The second-order valence-electron chi connectivity index (χ2n) is 4.87. The van der Waals surface area contributed by atoms with Gasteiger partial charge in [-0.3, -0.25) is 0 Å². The van der Waals surface area contributed by atoms with Crippen molar-refractivity contribution < 1.29 is 9.84 Å².